The summed E-state index contributed by atoms with van der Waals surface area (Å²) >= 11 is 0. The molecule has 5 nitrogen and oxygen atoms in total. The maximum Gasteiger partial charge on any atom is 0.416 e. The van der Waals surface area contributed by atoms with E-state index in [9.17, 15) is 21.6 Å². The standard InChI is InChI=1S/C20H20F3N3O2S/c21-20(22,23)16-4-2-5-17(13-16)29(27,28)26-10-7-18-15(3-1-6-19(18)26)14-25-11-8-24-9-12-25/h1-7,10,13,24H,8-9,11-12,14H2. The van der Waals surface area contributed by atoms with Gasteiger partial charge < -0.3 is 5.32 Å². The lowest BCUT2D eigenvalue weighted by Crippen LogP contribution is -2.42. The largest absolute Gasteiger partial charge is 0.416 e. The topological polar surface area (TPSA) is 54.3 Å². The number of aromatic nitrogens is 1. The Hall–Kier alpha value is -2.36. The SMILES string of the molecule is O=S(=O)(c1cccc(C(F)(F)F)c1)n1ccc2c(CN3CCNCC3)cccc21. The van der Waals surface area contributed by atoms with Crippen LogP contribution in [0.5, 0.6) is 0 Å². The van der Waals surface area contributed by atoms with Crippen LogP contribution < -0.4 is 5.32 Å². The molecule has 1 saturated heterocycles. The molecule has 0 radical (unpaired) electrons. The second kappa shape index (κ2) is 7.47. The molecule has 0 atom stereocenters. The third-order valence-corrected chi connectivity index (χ3v) is 6.80. The van der Waals surface area contributed by atoms with Gasteiger partial charge in [-0.2, -0.15) is 13.2 Å². The molecular formula is C20H20F3N3O2S. The van der Waals surface area contributed by atoms with Gasteiger partial charge in [0.05, 0.1) is 16.0 Å². The summed E-state index contributed by atoms with van der Waals surface area (Å²) in [5, 5.41) is 4.07. The number of rotatable bonds is 4. The number of halogens is 3. The maximum absolute atomic E-state index is 13.1. The molecule has 0 aliphatic carbocycles. The summed E-state index contributed by atoms with van der Waals surface area (Å²) in [6, 6.07) is 10.9. The molecule has 0 unspecified atom stereocenters. The third-order valence-electron chi connectivity index (χ3n) is 5.11. The molecule has 0 bridgehead atoms. The number of alkyl halides is 3. The van der Waals surface area contributed by atoms with Gasteiger partial charge >= 0.3 is 6.18 Å². The molecule has 3 aromatic rings. The minimum Gasteiger partial charge on any atom is -0.314 e. The lowest BCUT2D eigenvalue weighted by molar-refractivity contribution is -0.137. The zero-order valence-corrected chi connectivity index (χ0v) is 16.3. The maximum atomic E-state index is 13.1. The summed E-state index contributed by atoms with van der Waals surface area (Å²) in [7, 11) is -4.16. The highest BCUT2D eigenvalue weighted by Gasteiger charge is 2.32. The van der Waals surface area contributed by atoms with Crippen molar-refractivity contribution in [3.05, 3.63) is 65.9 Å². The summed E-state index contributed by atoms with van der Waals surface area (Å²) in [4.78, 5) is 1.89. The van der Waals surface area contributed by atoms with E-state index in [-0.39, 0.29) is 0 Å². The van der Waals surface area contributed by atoms with Gasteiger partial charge in [0.2, 0.25) is 0 Å². The number of hydrogen-bond acceptors (Lipinski definition) is 4. The summed E-state index contributed by atoms with van der Waals surface area (Å²) in [5.74, 6) is 0. The lowest BCUT2D eigenvalue weighted by atomic mass is 10.1. The van der Waals surface area contributed by atoms with Crippen molar-refractivity contribution in [1.29, 1.82) is 0 Å². The van der Waals surface area contributed by atoms with Crippen molar-refractivity contribution in [1.82, 2.24) is 14.2 Å². The summed E-state index contributed by atoms with van der Waals surface area (Å²) in [6.45, 7) is 4.30. The fraction of sp³-hybridized carbons (Fsp3) is 0.300. The van der Waals surface area contributed by atoms with E-state index in [2.05, 4.69) is 10.2 Å². The zero-order chi connectivity index (χ0) is 20.6. The normalized spacial score (nSPS) is 16.4. The van der Waals surface area contributed by atoms with Crippen LogP contribution in [-0.2, 0) is 22.7 Å². The second-order valence-electron chi connectivity index (χ2n) is 7.02. The van der Waals surface area contributed by atoms with Crippen LogP contribution in [0.1, 0.15) is 11.1 Å². The van der Waals surface area contributed by atoms with Crippen molar-refractivity contribution in [3.63, 3.8) is 0 Å². The average Bonchev–Trinajstić information content (AvgIpc) is 3.14. The van der Waals surface area contributed by atoms with Crippen LogP contribution in [0, 0.1) is 0 Å². The molecule has 1 fully saturated rings. The van der Waals surface area contributed by atoms with Crippen LogP contribution in [0.4, 0.5) is 13.2 Å². The summed E-state index contributed by atoms with van der Waals surface area (Å²) in [5.41, 5.74) is 0.451. The Morgan fingerprint density at radius 2 is 1.72 bits per heavy atom. The summed E-state index contributed by atoms with van der Waals surface area (Å²) < 4.78 is 66.2. The average molecular weight is 423 g/mol. The van der Waals surface area contributed by atoms with Crippen molar-refractivity contribution in [3.8, 4) is 0 Å². The van der Waals surface area contributed by atoms with E-state index in [1.807, 2.05) is 6.07 Å². The predicted molar refractivity (Wildman–Crippen MR) is 104 cm³/mol. The molecule has 4 rings (SSSR count). The van der Waals surface area contributed by atoms with Crippen molar-refractivity contribution >= 4 is 20.9 Å². The van der Waals surface area contributed by atoms with Gasteiger partial charge in [0.15, 0.2) is 0 Å². The van der Waals surface area contributed by atoms with Gasteiger partial charge in [0.25, 0.3) is 10.0 Å². The molecule has 0 spiro atoms. The number of fused-ring (bicyclic) bond motifs is 1. The number of piperazine rings is 1. The van der Waals surface area contributed by atoms with Crippen molar-refractivity contribution in [2.75, 3.05) is 26.2 Å². The highest BCUT2D eigenvalue weighted by atomic mass is 32.2. The first-order valence-corrected chi connectivity index (χ1v) is 10.7. The molecule has 154 valence electrons. The highest BCUT2D eigenvalue weighted by molar-refractivity contribution is 7.90. The Balaban J connectivity index is 1.73. The van der Waals surface area contributed by atoms with Gasteiger partial charge in [-0.1, -0.05) is 18.2 Å². The van der Waals surface area contributed by atoms with Gasteiger partial charge in [-0.05, 0) is 35.9 Å². The van der Waals surface area contributed by atoms with Crippen LogP contribution in [0.3, 0.4) is 0 Å². The van der Waals surface area contributed by atoms with Gasteiger partial charge in [-0.3, -0.25) is 4.90 Å². The van der Waals surface area contributed by atoms with E-state index < -0.39 is 26.7 Å². The van der Waals surface area contributed by atoms with Crippen LogP contribution in [0.25, 0.3) is 10.9 Å². The number of benzene rings is 2. The Labute approximate surface area is 166 Å². The Bertz CT molecular complexity index is 1130. The molecule has 2 aromatic carbocycles. The Morgan fingerprint density at radius 1 is 1.00 bits per heavy atom. The molecule has 29 heavy (non-hydrogen) atoms. The van der Waals surface area contributed by atoms with Crippen molar-refractivity contribution < 1.29 is 21.6 Å². The minimum atomic E-state index is -4.61. The summed E-state index contributed by atoms with van der Waals surface area (Å²) in [6.07, 6.45) is -3.21. The van der Waals surface area contributed by atoms with Crippen LogP contribution >= 0.6 is 0 Å². The van der Waals surface area contributed by atoms with Gasteiger partial charge in [0.1, 0.15) is 0 Å². The molecule has 1 aliphatic rings. The van der Waals surface area contributed by atoms with Crippen LogP contribution in [-0.4, -0.2) is 43.5 Å². The molecule has 1 aromatic heterocycles. The zero-order valence-electron chi connectivity index (χ0n) is 15.5. The number of nitrogens with one attached hydrogen (secondary N) is 1. The number of hydrogen-bond donors (Lipinski definition) is 1. The van der Waals surface area contributed by atoms with E-state index in [4.69, 9.17) is 0 Å². The van der Waals surface area contributed by atoms with Crippen molar-refractivity contribution in [2.24, 2.45) is 0 Å². The van der Waals surface area contributed by atoms with Gasteiger partial charge in [-0.15, -0.1) is 0 Å². The van der Waals surface area contributed by atoms with E-state index >= 15 is 0 Å². The fourth-order valence-corrected chi connectivity index (χ4v) is 5.00. The smallest absolute Gasteiger partial charge is 0.314 e. The van der Waals surface area contributed by atoms with Crippen molar-refractivity contribution in [2.45, 2.75) is 17.6 Å². The fourth-order valence-electron chi connectivity index (χ4n) is 3.61. The molecule has 0 saturated carbocycles. The third kappa shape index (κ3) is 3.90. The Kier molecular flexibility index (Phi) is 5.14. The second-order valence-corrected chi connectivity index (χ2v) is 8.83. The quantitative estimate of drug-likeness (QED) is 0.700. The molecule has 0 amide bonds. The van der Waals surface area contributed by atoms with Gasteiger partial charge in [0, 0.05) is 44.3 Å². The highest BCUT2D eigenvalue weighted by Crippen LogP contribution is 2.32. The monoisotopic (exact) mass is 423 g/mol. The molecular weight excluding hydrogens is 403 g/mol. The predicted octanol–water partition coefficient (Wildman–Crippen LogP) is 3.30. The lowest BCUT2D eigenvalue weighted by Gasteiger charge is -2.27. The molecule has 2 heterocycles. The van der Waals surface area contributed by atoms with E-state index in [1.54, 1.807) is 18.2 Å². The molecule has 1 aliphatic heterocycles. The minimum absolute atomic E-state index is 0.391. The first kappa shape index (κ1) is 19.9. The van der Waals surface area contributed by atoms with E-state index in [0.29, 0.717) is 18.1 Å². The van der Waals surface area contributed by atoms with E-state index in [1.165, 1.54) is 12.3 Å². The van der Waals surface area contributed by atoms with Gasteiger partial charge in [-0.25, -0.2) is 12.4 Å². The first-order chi connectivity index (χ1) is 13.8. The van der Waals surface area contributed by atoms with Crippen LogP contribution in [0.2, 0.25) is 0 Å². The number of nitrogens with zero attached hydrogens (tertiary/aromatic N) is 2. The Morgan fingerprint density at radius 3 is 2.45 bits per heavy atom. The first-order valence-electron chi connectivity index (χ1n) is 9.22. The van der Waals surface area contributed by atoms with E-state index in [0.717, 1.165) is 53.2 Å². The molecule has 9 heteroatoms. The van der Waals surface area contributed by atoms with Crippen LogP contribution in [0.15, 0.2) is 59.6 Å². The molecule has 1 N–H and O–H groups in total.